The van der Waals surface area contributed by atoms with E-state index in [2.05, 4.69) is 51.9 Å². The van der Waals surface area contributed by atoms with Crippen molar-refractivity contribution in [1.82, 2.24) is 9.97 Å². The van der Waals surface area contributed by atoms with Crippen LogP contribution in [0, 0.1) is 0 Å². The van der Waals surface area contributed by atoms with Gasteiger partial charge in [-0.05, 0) is 29.9 Å². The molecule has 0 bridgehead atoms. The van der Waals surface area contributed by atoms with Gasteiger partial charge in [0.2, 0.25) is 0 Å². The zero-order valence-electron chi connectivity index (χ0n) is 10.6. The number of imidazole rings is 1. The SMILES string of the molecule is CCSC(CC)c1ncc(-c2ccc(Br)cc2)[nH]1. The average molecular weight is 325 g/mol. The average Bonchev–Trinajstić information content (AvgIpc) is 2.86. The second-order valence-electron chi connectivity index (χ2n) is 4.04. The van der Waals surface area contributed by atoms with E-state index in [1.54, 1.807) is 0 Å². The van der Waals surface area contributed by atoms with Crippen LogP contribution in [0.3, 0.4) is 0 Å². The van der Waals surface area contributed by atoms with Crippen LogP contribution in [-0.4, -0.2) is 15.7 Å². The van der Waals surface area contributed by atoms with E-state index < -0.39 is 0 Å². The first-order chi connectivity index (χ1) is 8.74. The standard InChI is InChI=1S/C14H17BrN2S/c1-3-13(18-4-2)14-16-9-12(17-14)10-5-7-11(15)8-6-10/h5-9,13H,3-4H2,1-2H3,(H,16,17). The molecule has 2 nitrogen and oxygen atoms in total. The molecular weight excluding hydrogens is 308 g/mol. The van der Waals surface area contributed by atoms with Gasteiger partial charge in [-0.2, -0.15) is 11.8 Å². The number of H-pyrrole nitrogens is 1. The number of hydrogen-bond donors (Lipinski definition) is 1. The molecule has 1 N–H and O–H groups in total. The number of hydrogen-bond acceptors (Lipinski definition) is 2. The summed E-state index contributed by atoms with van der Waals surface area (Å²) >= 11 is 5.39. The van der Waals surface area contributed by atoms with E-state index in [9.17, 15) is 0 Å². The Morgan fingerprint density at radius 2 is 2.00 bits per heavy atom. The highest BCUT2D eigenvalue weighted by Crippen LogP contribution is 2.31. The third-order valence-corrected chi connectivity index (χ3v) is 4.62. The third-order valence-electron chi connectivity index (χ3n) is 2.79. The maximum Gasteiger partial charge on any atom is 0.119 e. The number of nitrogens with zero attached hydrogens (tertiary/aromatic N) is 1. The molecule has 1 aromatic heterocycles. The molecule has 1 atom stereocenters. The zero-order chi connectivity index (χ0) is 13.0. The van der Waals surface area contributed by atoms with Crippen molar-refractivity contribution < 1.29 is 0 Å². The van der Waals surface area contributed by atoms with E-state index in [-0.39, 0.29) is 0 Å². The lowest BCUT2D eigenvalue weighted by atomic mass is 10.2. The fraction of sp³-hybridized carbons (Fsp3) is 0.357. The van der Waals surface area contributed by atoms with Gasteiger partial charge >= 0.3 is 0 Å². The summed E-state index contributed by atoms with van der Waals surface area (Å²) < 4.78 is 1.10. The highest BCUT2D eigenvalue weighted by molar-refractivity contribution is 9.10. The molecule has 2 rings (SSSR count). The number of benzene rings is 1. The van der Waals surface area contributed by atoms with Crippen LogP contribution in [-0.2, 0) is 0 Å². The minimum atomic E-state index is 0.471. The Balaban J connectivity index is 2.21. The Morgan fingerprint density at radius 1 is 1.28 bits per heavy atom. The lowest BCUT2D eigenvalue weighted by Crippen LogP contribution is -1.95. The van der Waals surface area contributed by atoms with Crippen LogP contribution >= 0.6 is 27.7 Å². The number of nitrogens with one attached hydrogen (secondary N) is 1. The topological polar surface area (TPSA) is 28.7 Å². The molecule has 1 heterocycles. The van der Waals surface area contributed by atoms with E-state index in [1.165, 1.54) is 5.56 Å². The summed E-state index contributed by atoms with van der Waals surface area (Å²) in [5.41, 5.74) is 2.26. The first-order valence-corrected chi connectivity index (χ1v) is 8.01. The van der Waals surface area contributed by atoms with Crippen molar-refractivity contribution >= 4 is 27.7 Å². The van der Waals surface area contributed by atoms with Gasteiger partial charge in [-0.1, -0.05) is 41.9 Å². The summed E-state index contributed by atoms with van der Waals surface area (Å²) in [6.07, 6.45) is 3.03. The minimum Gasteiger partial charge on any atom is -0.341 e. The van der Waals surface area contributed by atoms with Gasteiger partial charge in [-0.3, -0.25) is 0 Å². The Kier molecular flexibility index (Phi) is 4.89. The van der Waals surface area contributed by atoms with Gasteiger partial charge in [-0.15, -0.1) is 0 Å². The molecule has 2 aromatic rings. The molecule has 0 radical (unpaired) electrons. The maximum absolute atomic E-state index is 4.52. The molecule has 18 heavy (non-hydrogen) atoms. The predicted molar refractivity (Wildman–Crippen MR) is 82.9 cm³/mol. The van der Waals surface area contributed by atoms with Crippen LogP contribution in [0.25, 0.3) is 11.3 Å². The first-order valence-electron chi connectivity index (χ1n) is 6.17. The molecular formula is C14H17BrN2S. The predicted octanol–water partition coefficient (Wildman–Crippen LogP) is 5.04. The summed E-state index contributed by atoms with van der Waals surface area (Å²) in [4.78, 5) is 7.95. The second-order valence-corrected chi connectivity index (χ2v) is 6.44. The molecule has 0 saturated heterocycles. The van der Waals surface area contributed by atoms with Gasteiger partial charge in [0.25, 0.3) is 0 Å². The molecule has 0 fully saturated rings. The van der Waals surface area contributed by atoms with E-state index in [4.69, 9.17) is 0 Å². The Bertz CT molecular complexity index is 493. The van der Waals surface area contributed by atoms with E-state index in [1.807, 2.05) is 30.1 Å². The normalized spacial score (nSPS) is 12.6. The number of aromatic nitrogens is 2. The quantitative estimate of drug-likeness (QED) is 0.834. The van der Waals surface area contributed by atoms with Gasteiger partial charge in [0.1, 0.15) is 5.82 Å². The van der Waals surface area contributed by atoms with Crippen LogP contribution in [0.15, 0.2) is 34.9 Å². The lowest BCUT2D eigenvalue weighted by molar-refractivity contribution is 0.834. The van der Waals surface area contributed by atoms with Gasteiger partial charge in [-0.25, -0.2) is 4.98 Å². The lowest BCUT2D eigenvalue weighted by Gasteiger charge is -2.09. The highest BCUT2D eigenvalue weighted by atomic mass is 79.9. The van der Waals surface area contributed by atoms with Crippen molar-refractivity contribution in [1.29, 1.82) is 0 Å². The molecule has 0 saturated carbocycles. The minimum absolute atomic E-state index is 0.471. The number of rotatable bonds is 5. The first kappa shape index (κ1) is 13.7. The van der Waals surface area contributed by atoms with Gasteiger partial charge in [0.15, 0.2) is 0 Å². The summed E-state index contributed by atoms with van der Waals surface area (Å²) in [6, 6.07) is 8.28. The fourth-order valence-electron chi connectivity index (χ4n) is 1.87. The molecule has 0 aliphatic heterocycles. The number of halogens is 1. The van der Waals surface area contributed by atoms with Crippen molar-refractivity contribution in [3.63, 3.8) is 0 Å². The van der Waals surface area contributed by atoms with Gasteiger partial charge < -0.3 is 4.98 Å². The Morgan fingerprint density at radius 3 is 2.61 bits per heavy atom. The summed E-state index contributed by atoms with van der Waals surface area (Å²) in [7, 11) is 0. The Hall–Kier alpha value is -0.740. The van der Waals surface area contributed by atoms with Crippen molar-refractivity contribution in [3.8, 4) is 11.3 Å². The molecule has 0 spiro atoms. The summed E-state index contributed by atoms with van der Waals surface area (Å²) in [5, 5.41) is 0.471. The van der Waals surface area contributed by atoms with Crippen molar-refractivity contribution in [3.05, 3.63) is 40.8 Å². The van der Waals surface area contributed by atoms with Gasteiger partial charge in [0.05, 0.1) is 17.1 Å². The van der Waals surface area contributed by atoms with Crippen LogP contribution in [0.1, 0.15) is 31.3 Å². The van der Waals surface area contributed by atoms with E-state index >= 15 is 0 Å². The van der Waals surface area contributed by atoms with E-state index in [0.29, 0.717) is 5.25 Å². The fourth-order valence-corrected chi connectivity index (χ4v) is 3.05. The van der Waals surface area contributed by atoms with Crippen LogP contribution in [0.5, 0.6) is 0 Å². The van der Waals surface area contributed by atoms with Crippen molar-refractivity contribution in [2.45, 2.75) is 25.5 Å². The number of thioether (sulfide) groups is 1. The molecule has 1 unspecified atom stereocenters. The summed E-state index contributed by atoms with van der Waals surface area (Å²) in [5.74, 6) is 2.20. The van der Waals surface area contributed by atoms with E-state index in [0.717, 1.165) is 28.2 Å². The maximum atomic E-state index is 4.52. The largest absolute Gasteiger partial charge is 0.341 e. The third kappa shape index (κ3) is 3.18. The molecule has 0 amide bonds. The van der Waals surface area contributed by atoms with Crippen LogP contribution in [0.4, 0.5) is 0 Å². The zero-order valence-corrected chi connectivity index (χ0v) is 13.0. The Labute approximate surface area is 121 Å². The molecule has 0 aliphatic rings. The second kappa shape index (κ2) is 6.43. The monoisotopic (exact) mass is 324 g/mol. The summed E-state index contributed by atoms with van der Waals surface area (Å²) in [6.45, 7) is 4.39. The molecule has 4 heteroatoms. The smallest absolute Gasteiger partial charge is 0.119 e. The van der Waals surface area contributed by atoms with Crippen molar-refractivity contribution in [2.24, 2.45) is 0 Å². The molecule has 96 valence electrons. The van der Waals surface area contributed by atoms with Crippen LogP contribution in [0.2, 0.25) is 0 Å². The molecule has 1 aromatic carbocycles. The van der Waals surface area contributed by atoms with Crippen LogP contribution < -0.4 is 0 Å². The highest BCUT2D eigenvalue weighted by Gasteiger charge is 2.13. The van der Waals surface area contributed by atoms with Gasteiger partial charge in [0, 0.05) is 4.47 Å². The number of aromatic amines is 1. The van der Waals surface area contributed by atoms with Crippen molar-refractivity contribution in [2.75, 3.05) is 5.75 Å². The molecule has 0 aliphatic carbocycles.